The van der Waals surface area contributed by atoms with Gasteiger partial charge in [-0.3, -0.25) is 0 Å². The van der Waals surface area contributed by atoms with Crippen molar-refractivity contribution in [1.29, 1.82) is 0 Å². The first-order valence-electron chi connectivity index (χ1n) is 8.90. The maximum absolute atomic E-state index is 9.39. The summed E-state index contributed by atoms with van der Waals surface area (Å²) in [6.45, 7) is 0.366. The minimum absolute atomic E-state index is 0.359. The van der Waals surface area contributed by atoms with Crippen LogP contribution in [0.4, 0.5) is 0 Å². The molecule has 0 aliphatic heterocycles. The van der Waals surface area contributed by atoms with Crippen molar-refractivity contribution in [2.24, 2.45) is 5.92 Å². The molecule has 2 aliphatic carbocycles. The summed E-state index contributed by atoms with van der Waals surface area (Å²) in [6, 6.07) is 9.09. The number of phenolic OH excluding ortho intramolecular Hbond substituents is 1. The lowest BCUT2D eigenvalue weighted by molar-refractivity contribution is 0.167. The molecule has 3 N–H and O–H groups in total. The van der Waals surface area contributed by atoms with Gasteiger partial charge in [0.1, 0.15) is 5.75 Å². The second-order valence-electron chi connectivity index (χ2n) is 7.21. The minimum Gasteiger partial charge on any atom is -0.508 e. The Morgan fingerprint density at radius 2 is 1.36 bits per heavy atom. The first-order valence-corrected chi connectivity index (χ1v) is 8.90. The predicted molar refractivity (Wildman–Crippen MR) is 89.1 cm³/mol. The van der Waals surface area contributed by atoms with E-state index < -0.39 is 0 Å². The van der Waals surface area contributed by atoms with Gasteiger partial charge >= 0.3 is 0 Å². The number of nitrogens with one attached hydrogen (secondary N) is 1. The molecule has 2 aliphatic rings. The van der Waals surface area contributed by atoms with Gasteiger partial charge in [0.25, 0.3) is 0 Å². The fourth-order valence-corrected chi connectivity index (χ4v) is 4.18. The first-order chi connectivity index (χ1) is 10.7. The monoisotopic (exact) mass is 303 g/mol. The van der Waals surface area contributed by atoms with Crippen LogP contribution in [0.5, 0.6) is 5.75 Å². The number of benzene rings is 1. The molecule has 3 rings (SSSR count). The molecule has 0 amide bonds. The van der Waals surface area contributed by atoms with Crippen molar-refractivity contribution in [2.45, 2.75) is 69.4 Å². The zero-order valence-corrected chi connectivity index (χ0v) is 13.4. The van der Waals surface area contributed by atoms with Crippen LogP contribution in [0.1, 0.15) is 62.8 Å². The van der Waals surface area contributed by atoms with Crippen molar-refractivity contribution in [1.82, 2.24) is 5.32 Å². The van der Waals surface area contributed by atoms with Gasteiger partial charge in [0.15, 0.2) is 0 Å². The van der Waals surface area contributed by atoms with Gasteiger partial charge in [-0.15, -0.1) is 0 Å². The third kappa shape index (κ3) is 4.02. The van der Waals surface area contributed by atoms with Crippen LogP contribution in [0, 0.1) is 5.92 Å². The van der Waals surface area contributed by atoms with Crippen LogP contribution in [0.3, 0.4) is 0 Å². The molecule has 0 radical (unpaired) electrons. The molecule has 2 saturated carbocycles. The van der Waals surface area contributed by atoms with Crippen molar-refractivity contribution in [3.63, 3.8) is 0 Å². The number of aliphatic hydroxyl groups is 1. The molecule has 0 saturated heterocycles. The molecule has 1 aromatic carbocycles. The van der Waals surface area contributed by atoms with E-state index in [0.717, 1.165) is 0 Å². The summed E-state index contributed by atoms with van der Waals surface area (Å²) in [5.41, 5.74) is 1.37. The van der Waals surface area contributed by atoms with Crippen molar-refractivity contribution < 1.29 is 10.2 Å². The first kappa shape index (κ1) is 15.8. The van der Waals surface area contributed by atoms with E-state index in [0.29, 0.717) is 36.3 Å². The highest BCUT2D eigenvalue weighted by Gasteiger charge is 2.26. The predicted octanol–water partition coefficient (Wildman–Crippen LogP) is 3.56. The highest BCUT2D eigenvalue weighted by Crippen LogP contribution is 2.34. The van der Waals surface area contributed by atoms with Crippen molar-refractivity contribution in [3.8, 4) is 5.75 Å². The Kier molecular flexibility index (Phi) is 5.37. The lowest BCUT2D eigenvalue weighted by Crippen LogP contribution is -2.42. The summed E-state index contributed by atoms with van der Waals surface area (Å²) in [6.07, 6.45) is 9.81. The van der Waals surface area contributed by atoms with E-state index in [9.17, 15) is 10.2 Å². The van der Waals surface area contributed by atoms with Crippen LogP contribution in [0.25, 0.3) is 0 Å². The quantitative estimate of drug-likeness (QED) is 0.797. The Morgan fingerprint density at radius 1 is 0.818 bits per heavy atom. The number of aromatic hydroxyl groups is 1. The zero-order chi connectivity index (χ0) is 15.4. The molecule has 122 valence electrons. The van der Waals surface area contributed by atoms with E-state index in [1.165, 1.54) is 56.9 Å². The second-order valence-corrected chi connectivity index (χ2v) is 7.21. The van der Waals surface area contributed by atoms with Crippen LogP contribution >= 0.6 is 0 Å². The molecule has 0 atom stereocenters. The molecule has 0 aromatic heterocycles. The smallest absolute Gasteiger partial charge is 0.115 e. The van der Waals surface area contributed by atoms with Crippen LogP contribution in [-0.4, -0.2) is 28.9 Å². The van der Waals surface area contributed by atoms with E-state index in [4.69, 9.17) is 0 Å². The molecule has 0 spiro atoms. The summed E-state index contributed by atoms with van der Waals surface area (Å²) in [5.74, 6) is 1.56. The van der Waals surface area contributed by atoms with Crippen LogP contribution in [0.15, 0.2) is 24.3 Å². The minimum atomic E-state index is 0.359. The third-order valence-corrected chi connectivity index (χ3v) is 5.67. The van der Waals surface area contributed by atoms with Crippen molar-refractivity contribution in [3.05, 3.63) is 29.8 Å². The molecule has 3 nitrogen and oxygen atoms in total. The number of hydrogen-bond donors (Lipinski definition) is 3. The maximum Gasteiger partial charge on any atom is 0.115 e. The van der Waals surface area contributed by atoms with Crippen molar-refractivity contribution >= 4 is 0 Å². The van der Waals surface area contributed by atoms with E-state index in [1.54, 1.807) is 12.1 Å². The van der Waals surface area contributed by atoms with E-state index in [1.807, 2.05) is 0 Å². The molecular formula is C19H29NO2. The normalized spacial score (nSPS) is 32.8. The average molecular weight is 303 g/mol. The summed E-state index contributed by atoms with van der Waals surface area (Å²) >= 11 is 0. The summed E-state index contributed by atoms with van der Waals surface area (Å²) in [4.78, 5) is 0. The largest absolute Gasteiger partial charge is 0.508 e. The second kappa shape index (κ2) is 7.47. The van der Waals surface area contributed by atoms with Gasteiger partial charge in [0.05, 0.1) is 0 Å². The fraction of sp³-hybridized carbons (Fsp3) is 0.684. The van der Waals surface area contributed by atoms with Crippen LogP contribution in [-0.2, 0) is 0 Å². The van der Waals surface area contributed by atoms with Gasteiger partial charge in [-0.05, 0) is 80.9 Å². The number of rotatable bonds is 4. The van der Waals surface area contributed by atoms with E-state index in [-0.39, 0.29) is 0 Å². The zero-order valence-electron chi connectivity index (χ0n) is 13.4. The van der Waals surface area contributed by atoms with E-state index >= 15 is 0 Å². The van der Waals surface area contributed by atoms with Crippen LogP contribution < -0.4 is 5.32 Å². The SMILES string of the molecule is OCC1CCC(NC2CCC(c3ccc(O)cc3)CC2)CC1. The molecule has 3 heteroatoms. The van der Waals surface area contributed by atoms with Gasteiger partial charge in [-0.1, -0.05) is 12.1 Å². The third-order valence-electron chi connectivity index (χ3n) is 5.67. The summed E-state index contributed by atoms with van der Waals surface area (Å²) in [5, 5.41) is 22.5. The lowest BCUT2D eigenvalue weighted by Gasteiger charge is -2.35. The van der Waals surface area contributed by atoms with E-state index in [2.05, 4.69) is 17.4 Å². The Morgan fingerprint density at radius 3 is 1.91 bits per heavy atom. The molecule has 0 heterocycles. The molecule has 2 fully saturated rings. The average Bonchev–Trinajstić information content (AvgIpc) is 2.57. The number of phenols is 1. The Labute approximate surface area is 133 Å². The maximum atomic E-state index is 9.39. The molecule has 0 unspecified atom stereocenters. The van der Waals surface area contributed by atoms with Crippen molar-refractivity contribution in [2.75, 3.05) is 6.61 Å². The highest BCUT2D eigenvalue weighted by atomic mass is 16.3. The summed E-state index contributed by atoms with van der Waals surface area (Å²) in [7, 11) is 0. The van der Waals surface area contributed by atoms with Gasteiger partial charge in [0.2, 0.25) is 0 Å². The van der Waals surface area contributed by atoms with Gasteiger partial charge in [-0.25, -0.2) is 0 Å². The number of aliphatic hydroxyl groups excluding tert-OH is 1. The molecule has 22 heavy (non-hydrogen) atoms. The lowest BCUT2D eigenvalue weighted by atomic mass is 9.80. The van der Waals surface area contributed by atoms with Gasteiger partial charge in [0, 0.05) is 18.7 Å². The standard InChI is InChI=1S/C19H29NO2/c21-13-14-1-7-17(8-2-14)20-18-9-3-15(4-10-18)16-5-11-19(22)12-6-16/h5-6,11-12,14-15,17-18,20-22H,1-4,7-10,13H2. The molecular weight excluding hydrogens is 274 g/mol. The Bertz CT molecular complexity index is 443. The number of hydrogen-bond acceptors (Lipinski definition) is 3. The molecule has 0 bridgehead atoms. The van der Waals surface area contributed by atoms with Crippen LogP contribution in [0.2, 0.25) is 0 Å². The molecule has 1 aromatic rings. The Balaban J connectivity index is 1.43. The van der Waals surface area contributed by atoms with Gasteiger partial charge in [-0.2, -0.15) is 0 Å². The topological polar surface area (TPSA) is 52.5 Å². The highest BCUT2D eigenvalue weighted by molar-refractivity contribution is 5.28. The van der Waals surface area contributed by atoms with Gasteiger partial charge < -0.3 is 15.5 Å². The Hall–Kier alpha value is -1.06. The fourth-order valence-electron chi connectivity index (χ4n) is 4.18. The summed E-state index contributed by atoms with van der Waals surface area (Å²) < 4.78 is 0.